The molecule has 0 fully saturated rings. The highest BCUT2D eigenvalue weighted by molar-refractivity contribution is 9.10. The largest absolute Gasteiger partial charge is 0.573 e. The van der Waals surface area contributed by atoms with Crippen molar-refractivity contribution < 1.29 is 26.3 Å². The number of hydrogen-bond acceptors (Lipinski definition) is 4. The minimum absolute atomic E-state index is 0.0327. The first kappa shape index (κ1) is 16.6. The van der Waals surface area contributed by atoms with Gasteiger partial charge in [0, 0.05) is 16.7 Å². The topological polar surface area (TPSA) is 68.3 Å². The lowest BCUT2D eigenvalue weighted by atomic mass is 10.3. The van der Waals surface area contributed by atoms with Crippen molar-refractivity contribution >= 4 is 31.8 Å². The van der Waals surface area contributed by atoms with Gasteiger partial charge in [-0.3, -0.25) is 4.72 Å². The fraction of sp³-hybridized carbons (Fsp3) is 0.0833. The fourth-order valence-electron chi connectivity index (χ4n) is 1.47. The lowest BCUT2D eigenvalue weighted by molar-refractivity contribution is -0.274. The molecule has 22 heavy (non-hydrogen) atoms. The average molecular weight is 397 g/mol. The van der Waals surface area contributed by atoms with E-state index in [9.17, 15) is 21.6 Å². The third kappa shape index (κ3) is 4.60. The predicted octanol–water partition coefficient (Wildman–Crippen LogP) is 3.54. The summed E-state index contributed by atoms with van der Waals surface area (Å²) in [6.07, 6.45) is -3.52. The number of aromatic nitrogens is 1. The molecule has 10 heteroatoms. The van der Waals surface area contributed by atoms with Crippen LogP contribution in [0.3, 0.4) is 0 Å². The van der Waals surface area contributed by atoms with Crippen LogP contribution in [0.2, 0.25) is 0 Å². The van der Waals surface area contributed by atoms with Gasteiger partial charge in [-0.05, 0) is 40.2 Å². The zero-order valence-electron chi connectivity index (χ0n) is 10.6. The summed E-state index contributed by atoms with van der Waals surface area (Å²) in [5, 5.41) is 0. The molecular weight excluding hydrogens is 389 g/mol. The lowest BCUT2D eigenvalue weighted by Crippen LogP contribution is -2.18. The number of alkyl halides is 3. The highest BCUT2D eigenvalue weighted by Crippen LogP contribution is 2.25. The van der Waals surface area contributed by atoms with E-state index in [0.717, 1.165) is 24.3 Å². The van der Waals surface area contributed by atoms with E-state index >= 15 is 0 Å². The van der Waals surface area contributed by atoms with Gasteiger partial charge in [0.05, 0.1) is 4.90 Å². The summed E-state index contributed by atoms with van der Waals surface area (Å²) in [5.74, 6) is -0.593. The van der Waals surface area contributed by atoms with Crippen molar-refractivity contribution in [3.63, 3.8) is 0 Å². The van der Waals surface area contributed by atoms with Crippen LogP contribution in [-0.4, -0.2) is 19.8 Å². The Morgan fingerprint density at radius 1 is 1.18 bits per heavy atom. The van der Waals surface area contributed by atoms with Crippen LogP contribution in [0.5, 0.6) is 5.75 Å². The smallest absolute Gasteiger partial charge is 0.406 e. The molecule has 0 spiro atoms. The van der Waals surface area contributed by atoms with E-state index in [1.165, 1.54) is 12.3 Å². The van der Waals surface area contributed by atoms with Gasteiger partial charge in [-0.25, -0.2) is 13.4 Å². The standard InChI is InChI=1S/C12H8BrF3N2O3S/c13-8-4-5-11(17-7-8)18-22(19,20)10-3-1-2-9(6-10)21-12(14,15)16/h1-7H,(H,17,18). The first-order valence-electron chi connectivity index (χ1n) is 5.66. The first-order valence-corrected chi connectivity index (χ1v) is 7.93. The molecule has 1 N–H and O–H groups in total. The van der Waals surface area contributed by atoms with Crippen molar-refractivity contribution in [1.82, 2.24) is 4.98 Å². The SMILES string of the molecule is O=S(=O)(Nc1ccc(Br)cn1)c1cccc(OC(F)(F)F)c1. The quantitative estimate of drug-likeness (QED) is 0.857. The van der Waals surface area contributed by atoms with Crippen molar-refractivity contribution in [3.8, 4) is 5.75 Å². The van der Waals surface area contributed by atoms with E-state index in [-0.39, 0.29) is 10.7 Å². The Labute approximate surface area is 132 Å². The number of hydrogen-bond donors (Lipinski definition) is 1. The number of halogens is 4. The molecule has 0 saturated carbocycles. The lowest BCUT2D eigenvalue weighted by Gasteiger charge is -2.11. The molecule has 1 heterocycles. The number of ether oxygens (including phenoxy) is 1. The molecule has 0 bridgehead atoms. The maximum absolute atomic E-state index is 12.2. The van der Waals surface area contributed by atoms with Gasteiger partial charge in [-0.2, -0.15) is 0 Å². The number of sulfonamides is 1. The summed E-state index contributed by atoms with van der Waals surface area (Å²) in [4.78, 5) is 3.45. The van der Waals surface area contributed by atoms with E-state index in [2.05, 4.69) is 30.4 Å². The summed E-state index contributed by atoms with van der Waals surface area (Å²) >= 11 is 3.14. The normalized spacial score (nSPS) is 12.0. The van der Waals surface area contributed by atoms with Crippen molar-refractivity contribution in [3.05, 3.63) is 47.1 Å². The van der Waals surface area contributed by atoms with Crippen LogP contribution in [0.15, 0.2) is 52.0 Å². The van der Waals surface area contributed by atoms with Gasteiger partial charge in [-0.1, -0.05) is 6.07 Å². The van der Waals surface area contributed by atoms with Crippen LogP contribution in [0.4, 0.5) is 19.0 Å². The van der Waals surface area contributed by atoms with E-state index < -0.39 is 22.1 Å². The van der Waals surface area contributed by atoms with Gasteiger partial charge in [0.2, 0.25) is 0 Å². The Balaban J connectivity index is 2.25. The second-order valence-electron chi connectivity index (χ2n) is 3.99. The molecule has 2 aromatic rings. The average Bonchev–Trinajstić information content (AvgIpc) is 2.40. The molecule has 0 aliphatic rings. The van der Waals surface area contributed by atoms with Crippen molar-refractivity contribution in [2.45, 2.75) is 11.3 Å². The Hall–Kier alpha value is -1.81. The minimum atomic E-state index is -4.90. The Kier molecular flexibility index (Phi) is 4.61. The molecule has 1 aromatic carbocycles. The highest BCUT2D eigenvalue weighted by Gasteiger charge is 2.31. The number of rotatable bonds is 4. The van der Waals surface area contributed by atoms with E-state index in [0.29, 0.717) is 4.47 Å². The van der Waals surface area contributed by atoms with E-state index in [1.54, 1.807) is 6.07 Å². The Morgan fingerprint density at radius 2 is 1.91 bits per heavy atom. The summed E-state index contributed by atoms with van der Waals surface area (Å²) < 4.78 is 67.2. The fourth-order valence-corrected chi connectivity index (χ4v) is 2.75. The molecule has 0 unspecified atom stereocenters. The monoisotopic (exact) mass is 396 g/mol. The molecule has 2 rings (SSSR count). The van der Waals surface area contributed by atoms with Crippen LogP contribution >= 0.6 is 15.9 Å². The van der Waals surface area contributed by atoms with Gasteiger partial charge in [0.25, 0.3) is 10.0 Å². The number of nitrogens with zero attached hydrogens (tertiary/aromatic N) is 1. The highest BCUT2D eigenvalue weighted by atomic mass is 79.9. The molecule has 5 nitrogen and oxygen atoms in total. The van der Waals surface area contributed by atoms with Gasteiger partial charge in [0.15, 0.2) is 0 Å². The van der Waals surface area contributed by atoms with Crippen LogP contribution in [0.25, 0.3) is 0 Å². The molecule has 0 amide bonds. The number of nitrogens with one attached hydrogen (secondary N) is 1. The number of pyridine rings is 1. The third-order valence-corrected chi connectivity index (χ3v) is 4.14. The molecule has 0 radical (unpaired) electrons. The van der Waals surface area contributed by atoms with Gasteiger partial charge in [0.1, 0.15) is 11.6 Å². The predicted molar refractivity (Wildman–Crippen MR) is 75.9 cm³/mol. The Bertz CT molecular complexity index is 764. The summed E-state index contributed by atoms with van der Waals surface area (Å²) in [6, 6.07) is 7.03. The minimum Gasteiger partial charge on any atom is -0.406 e. The van der Waals surface area contributed by atoms with E-state index in [1.807, 2.05) is 0 Å². The van der Waals surface area contributed by atoms with Crippen LogP contribution < -0.4 is 9.46 Å². The second-order valence-corrected chi connectivity index (χ2v) is 6.59. The van der Waals surface area contributed by atoms with Gasteiger partial charge in [-0.15, -0.1) is 13.2 Å². The Morgan fingerprint density at radius 3 is 2.50 bits per heavy atom. The van der Waals surface area contributed by atoms with Crippen LogP contribution in [0, 0.1) is 0 Å². The summed E-state index contributed by atoms with van der Waals surface area (Å²) in [7, 11) is -4.08. The molecule has 118 valence electrons. The van der Waals surface area contributed by atoms with Crippen molar-refractivity contribution in [1.29, 1.82) is 0 Å². The molecule has 0 saturated heterocycles. The molecule has 0 aliphatic carbocycles. The maximum Gasteiger partial charge on any atom is 0.573 e. The molecule has 0 aliphatic heterocycles. The zero-order valence-corrected chi connectivity index (χ0v) is 13.0. The number of benzene rings is 1. The molecular formula is C12H8BrF3N2O3S. The zero-order chi connectivity index (χ0) is 16.4. The van der Waals surface area contributed by atoms with Crippen LogP contribution in [-0.2, 0) is 10.0 Å². The van der Waals surface area contributed by atoms with E-state index in [4.69, 9.17) is 0 Å². The van der Waals surface area contributed by atoms with Gasteiger partial charge < -0.3 is 4.74 Å². The van der Waals surface area contributed by atoms with Crippen molar-refractivity contribution in [2.24, 2.45) is 0 Å². The first-order chi connectivity index (χ1) is 10.2. The summed E-state index contributed by atoms with van der Waals surface area (Å²) in [5.41, 5.74) is 0. The third-order valence-electron chi connectivity index (χ3n) is 2.32. The van der Waals surface area contributed by atoms with Crippen LogP contribution in [0.1, 0.15) is 0 Å². The molecule has 1 aromatic heterocycles. The van der Waals surface area contributed by atoms with Crippen molar-refractivity contribution in [2.75, 3.05) is 4.72 Å². The molecule has 0 atom stereocenters. The second kappa shape index (κ2) is 6.13. The number of anilines is 1. The summed E-state index contributed by atoms with van der Waals surface area (Å²) in [6.45, 7) is 0. The van der Waals surface area contributed by atoms with Gasteiger partial charge >= 0.3 is 6.36 Å². The maximum atomic E-state index is 12.2.